The Morgan fingerprint density at radius 2 is 2.29 bits per heavy atom. The molecule has 1 aromatic heterocycles. The van der Waals surface area contributed by atoms with Crippen LogP contribution in [-0.4, -0.2) is 36.2 Å². The molecule has 0 radical (unpaired) electrons. The Labute approximate surface area is 102 Å². The van der Waals surface area contributed by atoms with Crippen LogP contribution in [0.3, 0.4) is 0 Å². The van der Waals surface area contributed by atoms with Gasteiger partial charge in [-0.2, -0.15) is 0 Å². The molecule has 17 heavy (non-hydrogen) atoms. The molecule has 0 bridgehead atoms. The number of nitrogens with two attached hydrogens (primary N) is 1. The molecule has 2 atom stereocenters. The Morgan fingerprint density at radius 1 is 1.53 bits per heavy atom. The molecule has 5 heteroatoms. The molecule has 2 unspecified atom stereocenters. The summed E-state index contributed by atoms with van der Waals surface area (Å²) in [6.07, 6.45) is 3.04. The van der Waals surface area contributed by atoms with Crippen molar-refractivity contribution in [1.82, 2.24) is 9.97 Å². The second-order valence-corrected chi connectivity index (χ2v) is 4.58. The van der Waals surface area contributed by atoms with Crippen molar-refractivity contribution in [2.75, 3.05) is 25.0 Å². The van der Waals surface area contributed by atoms with Gasteiger partial charge in [0.05, 0.1) is 17.9 Å². The predicted octanol–water partition coefficient (Wildman–Crippen LogP) is 0.894. The average molecular weight is 236 g/mol. The van der Waals surface area contributed by atoms with Crippen LogP contribution in [0.2, 0.25) is 0 Å². The van der Waals surface area contributed by atoms with Crippen LogP contribution < -0.4 is 10.6 Å². The van der Waals surface area contributed by atoms with E-state index < -0.39 is 0 Å². The van der Waals surface area contributed by atoms with Crippen molar-refractivity contribution < 1.29 is 4.74 Å². The number of hydrogen-bond acceptors (Lipinski definition) is 5. The monoisotopic (exact) mass is 236 g/mol. The van der Waals surface area contributed by atoms with Crippen molar-refractivity contribution in [3.8, 4) is 0 Å². The van der Waals surface area contributed by atoms with E-state index in [-0.39, 0.29) is 12.2 Å². The number of ether oxygens (including phenoxy) is 1. The van der Waals surface area contributed by atoms with E-state index in [2.05, 4.69) is 16.9 Å². The fraction of sp³-hybridized carbons (Fsp3) is 0.667. The van der Waals surface area contributed by atoms with Gasteiger partial charge in [0.15, 0.2) is 0 Å². The molecule has 0 amide bonds. The molecule has 5 nitrogen and oxygen atoms in total. The third-order valence-corrected chi connectivity index (χ3v) is 3.05. The van der Waals surface area contributed by atoms with Gasteiger partial charge in [-0.1, -0.05) is 0 Å². The molecule has 94 valence electrons. The van der Waals surface area contributed by atoms with Gasteiger partial charge in [-0.25, -0.2) is 9.97 Å². The van der Waals surface area contributed by atoms with Gasteiger partial charge < -0.3 is 15.4 Å². The molecular formula is C12H20N4O. The molecule has 0 saturated carbocycles. The van der Waals surface area contributed by atoms with Gasteiger partial charge in [0.2, 0.25) is 5.95 Å². The highest BCUT2D eigenvalue weighted by molar-refractivity contribution is 5.34. The zero-order chi connectivity index (χ0) is 12.4. The third kappa shape index (κ3) is 2.56. The van der Waals surface area contributed by atoms with Crippen molar-refractivity contribution in [3.63, 3.8) is 0 Å². The van der Waals surface area contributed by atoms with Gasteiger partial charge in [-0.15, -0.1) is 0 Å². The molecule has 1 aliphatic rings. The maximum atomic E-state index is 5.75. The third-order valence-electron chi connectivity index (χ3n) is 3.05. The predicted molar refractivity (Wildman–Crippen MR) is 67.0 cm³/mol. The number of fused-ring (bicyclic) bond motifs is 1. The highest BCUT2D eigenvalue weighted by Gasteiger charge is 2.24. The van der Waals surface area contributed by atoms with E-state index in [1.165, 1.54) is 0 Å². The largest absolute Gasteiger partial charge is 0.370 e. The van der Waals surface area contributed by atoms with Crippen molar-refractivity contribution in [3.05, 3.63) is 17.5 Å². The number of likely N-dealkylation sites (N-methyl/N-ethyl adjacent to an activating group) is 1. The summed E-state index contributed by atoms with van der Waals surface area (Å²) in [5.74, 6) is 0.746. The summed E-state index contributed by atoms with van der Waals surface area (Å²) in [7, 11) is 1.96. The summed E-state index contributed by atoms with van der Waals surface area (Å²) in [6, 6.07) is 0. The second kappa shape index (κ2) is 4.98. The zero-order valence-corrected chi connectivity index (χ0v) is 10.7. The lowest BCUT2D eigenvalue weighted by molar-refractivity contribution is -0.00618. The lowest BCUT2D eigenvalue weighted by atomic mass is 10.0. The summed E-state index contributed by atoms with van der Waals surface area (Å²) >= 11 is 0. The molecule has 1 aliphatic heterocycles. The van der Waals surface area contributed by atoms with Crippen LogP contribution >= 0.6 is 0 Å². The van der Waals surface area contributed by atoms with Crippen molar-refractivity contribution >= 4 is 5.95 Å². The van der Waals surface area contributed by atoms with Gasteiger partial charge in [0.1, 0.15) is 0 Å². The van der Waals surface area contributed by atoms with Crippen molar-refractivity contribution in [2.24, 2.45) is 5.73 Å². The fourth-order valence-electron chi connectivity index (χ4n) is 2.14. The molecule has 1 aromatic rings. The summed E-state index contributed by atoms with van der Waals surface area (Å²) in [5.41, 5.74) is 7.74. The van der Waals surface area contributed by atoms with Gasteiger partial charge in [0.25, 0.3) is 0 Å². The first-order chi connectivity index (χ1) is 8.11. The molecule has 0 spiro atoms. The molecule has 2 rings (SSSR count). The standard InChI is InChI=1S/C12H20N4O/c1-8-6-11-10(9(2)17-8)7-14-12(15-11)16(3)5-4-13/h7-9H,4-6,13H2,1-3H3. The smallest absolute Gasteiger partial charge is 0.225 e. The van der Waals surface area contributed by atoms with Crippen molar-refractivity contribution in [1.29, 1.82) is 0 Å². The number of anilines is 1. The van der Waals surface area contributed by atoms with E-state index in [4.69, 9.17) is 10.5 Å². The molecule has 0 saturated heterocycles. The Kier molecular flexibility index (Phi) is 3.59. The lowest BCUT2D eigenvalue weighted by Crippen LogP contribution is -2.29. The minimum Gasteiger partial charge on any atom is -0.370 e. The highest BCUT2D eigenvalue weighted by atomic mass is 16.5. The molecule has 0 aliphatic carbocycles. The summed E-state index contributed by atoms with van der Waals surface area (Å²) in [5, 5.41) is 0. The van der Waals surface area contributed by atoms with Gasteiger partial charge >= 0.3 is 0 Å². The Bertz CT molecular complexity index is 396. The number of nitrogens with zero attached hydrogens (tertiary/aromatic N) is 3. The molecule has 0 aromatic carbocycles. The van der Waals surface area contributed by atoms with E-state index in [1.807, 2.05) is 25.1 Å². The summed E-state index contributed by atoms with van der Waals surface area (Å²) in [6.45, 7) is 5.49. The summed E-state index contributed by atoms with van der Waals surface area (Å²) in [4.78, 5) is 11.0. The van der Waals surface area contributed by atoms with Crippen LogP contribution in [0.25, 0.3) is 0 Å². The Hall–Kier alpha value is -1.20. The van der Waals surface area contributed by atoms with Crippen LogP contribution in [0.1, 0.15) is 31.2 Å². The van der Waals surface area contributed by atoms with Crippen LogP contribution in [0.15, 0.2) is 6.20 Å². The maximum absolute atomic E-state index is 5.75. The van der Waals surface area contributed by atoms with E-state index >= 15 is 0 Å². The fourth-order valence-corrected chi connectivity index (χ4v) is 2.14. The first-order valence-corrected chi connectivity index (χ1v) is 6.04. The molecular weight excluding hydrogens is 216 g/mol. The Balaban J connectivity index is 2.27. The summed E-state index contributed by atoms with van der Waals surface area (Å²) < 4.78 is 5.75. The number of aromatic nitrogens is 2. The highest BCUT2D eigenvalue weighted by Crippen LogP contribution is 2.28. The van der Waals surface area contributed by atoms with Gasteiger partial charge in [0, 0.05) is 38.3 Å². The van der Waals surface area contributed by atoms with Gasteiger partial charge in [-0.05, 0) is 13.8 Å². The number of hydrogen-bond donors (Lipinski definition) is 1. The van der Waals surface area contributed by atoms with E-state index in [1.54, 1.807) is 0 Å². The van der Waals surface area contributed by atoms with E-state index in [0.717, 1.165) is 30.2 Å². The van der Waals surface area contributed by atoms with Crippen LogP contribution in [-0.2, 0) is 11.2 Å². The minimum absolute atomic E-state index is 0.0858. The SMILES string of the molecule is CC1Cc2nc(N(C)CCN)ncc2C(C)O1. The zero-order valence-electron chi connectivity index (χ0n) is 10.7. The second-order valence-electron chi connectivity index (χ2n) is 4.58. The van der Waals surface area contributed by atoms with Crippen LogP contribution in [0.4, 0.5) is 5.95 Å². The van der Waals surface area contributed by atoms with E-state index in [9.17, 15) is 0 Å². The van der Waals surface area contributed by atoms with Gasteiger partial charge in [-0.3, -0.25) is 0 Å². The molecule has 2 heterocycles. The van der Waals surface area contributed by atoms with Crippen LogP contribution in [0.5, 0.6) is 0 Å². The lowest BCUT2D eigenvalue weighted by Gasteiger charge is -2.28. The average Bonchev–Trinajstić information content (AvgIpc) is 2.28. The number of rotatable bonds is 3. The quantitative estimate of drug-likeness (QED) is 0.844. The topological polar surface area (TPSA) is 64.3 Å². The first kappa shape index (κ1) is 12.3. The first-order valence-electron chi connectivity index (χ1n) is 6.04. The maximum Gasteiger partial charge on any atom is 0.225 e. The molecule has 2 N–H and O–H groups in total. The molecule has 0 fully saturated rings. The normalized spacial score (nSPS) is 23.3. The van der Waals surface area contributed by atoms with E-state index in [0.29, 0.717) is 6.54 Å². The Morgan fingerprint density at radius 3 is 3.00 bits per heavy atom. The van der Waals surface area contributed by atoms with Crippen molar-refractivity contribution in [2.45, 2.75) is 32.5 Å². The van der Waals surface area contributed by atoms with Crippen LogP contribution in [0, 0.1) is 0 Å². The minimum atomic E-state index is 0.0858.